The third-order valence-corrected chi connectivity index (χ3v) is 8.44. The minimum Gasteiger partial charge on any atom is -0.249 e. The van der Waals surface area contributed by atoms with E-state index in [-0.39, 0.29) is 10.8 Å². The lowest BCUT2D eigenvalue weighted by Gasteiger charge is -2.38. The van der Waals surface area contributed by atoms with Gasteiger partial charge in [-0.15, -0.1) is 0 Å². The van der Waals surface area contributed by atoms with E-state index in [1.165, 1.54) is 35.4 Å². The molecule has 1 fully saturated rings. The molecule has 0 unspecified atom stereocenters. The highest BCUT2D eigenvalue weighted by Gasteiger charge is 2.65. The van der Waals surface area contributed by atoms with Crippen molar-refractivity contribution in [1.82, 2.24) is 9.97 Å². The number of benzene rings is 1. The largest absolute Gasteiger partial charge is 0.249 e. The fraction of sp³-hybridized carbons (Fsp3) is 0.556. The molecule has 0 amide bonds. The molecule has 4 rings (SSSR count). The Morgan fingerprint density at radius 1 is 1.09 bits per heavy atom. The van der Waals surface area contributed by atoms with Gasteiger partial charge in [0.1, 0.15) is 0 Å². The Kier molecular flexibility index (Phi) is 3.26. The maximum absolute atomic E-state index is 5.11. The van der Waals surface area contributed by atoms with Crippen molar-refractivity contribution in [1.29, 1.82) is 0 Å². The maximum Gasteiger partial charge on any atom is 0.0893 e. The molecule has 0 saturated heterocycles. The molecule has 1 aromatic carbocycles. The normalized spacial score (nSPS) is 32.7. The van der Waals surface area contributed by atoms with Crippen LogP contribution in [0.4, 0.5) is 0 Å². The maximum atomic E-state index is 5.11. The van der Waals surface area contributed by atoms with Gasteiger partial charge in [-0.05, 0) is 55.4 Å². The number of hydrogen-bond donors (Lipinski definition) is 0. The van der Waals surface area contributed by atoms with Gasteiger partial charge >= 0.3 is 0 Å². The Balaban J connectivity index is 2.04. The zero-order chi connectivity index (χ0) is 15.7. The first kappa shape index (κ1) is 15.1. The quantitative estimate of drug-likeness (QED) is 0.622. The molecule has 0 radical (unpaired) electrons. The summed E-state index contributed by atoms with van der Waals surface area (Å²) in [5, 5.41) is 1.97. The number of alkyl halides is 2. The Labute approximate surface area is 148 Å². The van der Waals surface area contributed by atoms with Gasteiger partial charge in [-0.25, -0.2) is 9.97 Å². The zero-order valence-corrected chi connectivity index (χ0v) is 16.4. The predicted octanol–water partition coefficient (Wildman–Crippen LogP) is 5.17. The summed E-state index contributed by atoms with van der Waals surface area (Å²) >= 11 is 7.60. The molecule has 1 saturated carbocycles. The van der Waals surface area contributed by atoms with E-state index in [0.29, 0.717) is 5.92 Å². The summed E-state index contributed by atoms with van der Waals surface area (Å²) in [6.45, 7) is 6.71. The summed E-state index contributed by atoms with van der Waals surface area (Å²) < 4.78 is 0. The lowest BCUT2D eigenvalue weighted by atomic mass is 9.70. The molecule has 3 atom stereocenters. The van der Waals surface area contributed by atoms with Gasteiger partial charge in [0.05, 0.1) is 22.4 Å². The summed E-state index contributed by atoms with van der Waals surface area (Å²) in [4.78, 5) is 10.2. The van der Waals surface area contributed by atoms with Gasteiger partial charge in [0.2, 0.25) is 0 Å². The van der Waals surface area contributed by atoms with Gasteiger partial charge in [0, 0.05) is 22.0 Å². The van der Waals surface area contributed by atoms with Crippen molar-refractivity contribution in [3.8, 4) is 0 Å². The molecule has 0 spiro atoms. The molecule has 2 bridgehead atoms. The van der Waals surface area contributed by atoms with E-state index in [1.807, 2.05) is 0 Å². The molecule has 22 heavy (non-hydrogen) atoms. The summed E-state index contributed by atoms with van der Waals surface area (Å²) in [5.41, 5.74) is 7.52. The van der Waals surface area contributed by atoms with E-state index >= 15 is 0 Å². The minimum absolute atomic E-state index is 0.122. The molecular weight excluding hydrogens is 404 g/mol. The zero-order valence-electron chi connectivity index (χ0n) is 13.2. The van der Waals surface area contributed by atoms with Crippen LogP contribution < -0.4 is 0 Å². The first-order chi connectivity index (χ1) is 10.5. The predicted molar refractivity (Wildman–Crippen MR) is 98.4 cm³/mol. The topological polar surface area (TPSA) is 25.8 Å². The van der Waals surface area contributed by atoms with E-state index in [1.54, 1.807) is 0 Å². The van der Waals surface area contributed by atoms with Crippen molar-refractivity contribution in [3.05, 3.63) is 34.6 Å². The molecule has 2 aliphatic carbocycles. The molecule has 2 nitrogen and oxygen atoms in total. The SMILES string of the molecule is Cc1cc2nc3c(nc2cc1C)[C@@]1(CBr)CC[C@H]3[C@]1(C)CBr. The molecule has 2 aromatic rings. The van der Waals surface area contributed by atoms with E-state index < -0.39 is 0 Å². The number of aromatic nitrogens is 2. The van der Waals surface area contributed by atoms with Gasteiger partial charge in [-0.1, -0.05) is 38.8 Å². The number of fused-ring (bicyclic) bond motifs is 6. The Hall–Kier alpha value is -0.480. The molecule has 2 aliphatic rings. The number of hydrogen-bond acceptors (Lipinski definition) is 2. The van der Waals surface area contributed by atoms with E-state index in [0.717, 1.165) is 21.7 Å². The number of rotatable bonds is 2. The van der Waals surface area contributed by atoms with Crippen LogP contribution in [0, 0.1) is 19.3 Å². The highest BCUT2D eigenvalue weighted by molar-refractivity contribution is 9.09. The fourth-order valence-corrected chi connectivity index (χ4v) is 6.69. The monoisotopic (exact) mass is 422 g/mol. The Morgan fingerprint density at radius 2 is 1.73 bits per heavy atom. The van der Waals surface area contributed by atoms with Crippen LogP contribution in [-0.4, -0.2) is 20.6 Å². The van der Waals surface area contributed by atoms with Crippen LogP contribution in [0.3, 0.4) is 0 Å². The lowest BCUT2D eigenvalue weighted by Crippen LogP contribution is -2.40. The average Bonchev–Trinajstić information content (AvgIpc) is 2.91. The van der Waals surface area contributed by atoms with E-state index in [9.17, 15) is 0 Å². The highest BCUT2D eigenvalue weighted by atomic mass is 79.9. The van der Waals surface area contributed by atoms with Crippen LogP contribution in [0.2, 0.25) is 0 Å². The smallest absolute Gasteiger partial charge is 0.0893 e. The first-order valence-corrected chi connectivity index (χ1v) is 10.1. The first-order valence-electron chi connectivity index (χ1n) is 7.88. The third kappa shape index (κ3) is 1.61. The summed E-state index contributed by atoms with van der Waals surface area (Å²) in [6.07, 6.45) is 2.44. The lowest BCUT2D eigenvalue weighted by molar-refractivity contribution is 0.243. The molecule has 1 heterocycles. The Bertz CT molecular complexity index is 788. The van der Waals surface area contributed by atoms with Crippen LogP contribution >= 0.6 is 31.9 Å². The number of aryl methyl sites for hydroxylation is 2. The van der Waals surface area contributed by atoms with Crippen LogP contribution in [0.15, 0.2) is 12.1 Å². The van der Waals surface area contributed by atoms with Gasteiger partial charge in [-0.2, -0.15) is 0 Å². The van der Waals surface area contributed by atoms with Crippen molar-refractivity contribution in [2.24, 2.45) is 5.41 Å². The van der Waals surface area contributed by atoms with Crippen molar-refractivity contribution < 1.29 is 0 Å². The van der Waals surface area contributed by atoms with Crippen LogP contribution in [-0.2, 0) is 5.41 Å². The van der Waals surface area contributed by atoms with Gasteiger partial charge < -0.3 is 0 Å². The molecule has 0 N–H and O–H groups in total. The number of nitrogens with zero attached hydrogens (tertiary/aromatic N) is 2. The second kappa shape index (κ2) is 4.76. The standard InChI is InChI=1S/C18H20Br2N2/c1-10-6-13-14(7-11(10)2)22-16-15(21-13)12-4-5-18(16,9-20)17(12,3)8-19/h6-7,12H,4-5,8-9H2,1-3H3/t12-,17+,18+/m1/s1. The van der Waals surface area contributed by atoms with Crippen LogP contribution in [0.1, 0.15) is 48.2 Å². The molecule has 4 heteroatoms. The van der Waals surface area contributed by atoms with Crippen LogP contribution in [0.25, 0.3) is 11.0 Å². The van der Waals surface area contributed by atoms with Crippen molar-refractivity contribution in [3.63, 3.8) is 0 Å². The van der Waals surface area contributed by atoms with Gasteiger partial charge in [0.25, 0.3) is 0 Å². The number of halogens is 2. The summed E-state index contributed by atoms with van der Waals surface area (Å²) in [7, 11) is 0. The second-order valence-electron chi connectivity index (χ2n) is 7.24. The third-order valence-electron chi connectivity index (χ3n) is 6.32. The summed E-state index contributed by atoms with van der Waals surface area (Å²) in [5.74, 6) is 0.526. The molecular formula is C18H20Br2N2. The average molecular weight is 424 g/mol. The van der Waals surface area contributed by atoms with E-state index in [2.05, 4.69) is 64.8 Å². The molecule has 1 aromatic heterocycles. The fourth-order valence-electron chi connectivity index (χ4n) is 4.58. The van der Waals surface area contributed by atoms with Crippen LogP contribution in [0.5, 0.6) is 0 Å². The van der Waals surface area contributed by atoms with E-state index in [4.69, 9.17) is 9.97 Å². The summed E-state index contributed by atoms with van der Waals surface area (Å²) in [6, 6.07) is 4.38. The highest BCUT2D eigenvalue weighted by Crippen LogP contribution is 2.68. The van der Waals surface area contributed by atoms with Crippen molar-refractivity contribution >= 4 is 42.9 Å². The van der Waals surface area contributed by atoms with Gasteiger partial charge in [0.15, 0.2) is 0 Å². The van der Waals surface area contributed by atoms with Crippen molar-refractivity contribution in [2.45, 2.75) is 44.9 Å². The Morgan fingerprint density at radius 3 is 2.32 bits per heavy atom. The molecule has 116 valence electrons. The second-order valence-corrected chi connectivity index (χ2v) is 8.36. The van der Waals surface area contributed by atoms with Gasteiger partial charge in [-0.3, -0.25) is 0 Å². The van der Waals surface area contributed by atoms with Crippen molar-refractivity contribution in [2.75, 3.05) is 10.7 Å². The minimum atomic E-state index is 0.122. The molecule has 0 aliphatic heterocycles.